The van der Waals surface area contributed by atoms with Gasteiger partial charge in [-0.1, -0.05) is 6.07 Å². The molecule has 0 spiro atoms. The van der Waals surface area contributed by atoms with Crippen LogP contribution in [0.4, 0.5) is 5.82 Å². The van der Waals surface area contributed by atoms with E-state index in [1.165, 1.54) is 5.56 Å². The van der Waals surface area contributed by atoms with Gasteiger partial charge in [-0.15, -0.1) is 0 Å². The highest BCUT2D eigenvalue weighted by Crippen LogP contribution is 2.03. The number of aromatic nitrogens is 1. The Hall–Kier alpha value is -1.13. The number of nitrogens with zero attached hydrogens (tertiary/aromatic N) is 1. The van der Waals surface area contributed by atoms with Crippen molar-refractivity contribution < 1.29 is 5.11 Å². The zero-order valence-corrected chi connectivity index (χ0v) is 10.0. The van der Waals surface area contributed by atoms with Crippen LogP contribution in [0.3, 0.4) is 0 Å². The molecule has 1 heterocycles. The van der Waals surface area contributed by atoms with Gasteiger partial charge in [0.05, 0.1) is 6.61 Å². The lowest BCUT2D eigenvalue weighted by Crippen LogP contribution is -2.30. The highest BCUT2D eigenvalue weighted by atomic mass is 16.3. The summed E-state index contributed by atoms with van der Waals surface area (Å²) in [6.45, 7) is 5.97. The standard InChI is InChI=1S/C12H21N3O/c1-10-4-5-12(15-8-10)14-7-3-6-13-11(2)9-16/h4-5,8,11,13,16H,3,6-7,9H2,1-2H3,(H,14,15). The number of aliphatic hydroxyl groups is 1. The van der Waals surface area contributed by atoms with Crippen molar-refractivity contribution in [3.05, 3.63) is 23.9 Å². The minimum atomic E-state index is 0.178. The van der Waals surface area contributed by atoms with E-state index in [0.717, 1.165) is 25.3 Å². The van der Waals surface area contributed by atoms with Crippen LogP contribution in [-0.2, 0) is 0 Å². The molecule has 90 valence electrons. The van der Waals surface area contributed by atoms with Crippen LogP contribution in [0, 0.1) is 6.92 Å². The van der Waals surface area contributed by atoms with Crippen LogP contribution in [-0.4, -0.2) is 35.8 Å². The average molecular weight is 223 g/mol. The lowest BCUT2D eigenvalue weighted by Gasteiger charge is -2.10. The Morgan fingerprint density at radius 3 is 2.81 bits per heavy atom. The maximum absolute atomic E-state index is 8.81. The van der Waals surface area contributed by atoms with E-state index in [1.54, 1.807) is 0 Å². The van der Waals surface area contributed by atoms with Crippen molar-refractivity contribution >= 4 is 5.82 Å². The Balaban J connectivity index is 2.09. The molecule has 0 aliphatic heterocycles. The van der Waals surface area contributed by atoms with Crippen LogP contribution >= 0.6 is 0 Å². The minimum Gasteiger partial charge on any atom is -0.395 e. The molecule has 4 heteroatoms. The Bertz CT molecular complexity index is 287. The average Bonchev–Trinajstić information content (AvgIpc) is 2.31. The molecule has 0 fully saturated rings. The lowest BCUT2D eigenvalue weighted by molar-refractivity contribution is 0.252. The molecule has 4 nitrogen and oxygen atoms in total. The summed E-state index contributed by atoms with van der Waals surface area (Å²) in [6.07, 6.45) is 2.87. The predicted molar refractivity (Wildman–Crippen MR) is 66.6 cm³/mol. The summed E-state index contributed by atoms with van der Waals surface area (Å²) in [4.78, 5) is 4.26. The van der Waals surface area contributed by atoms with Crippen LogP contribution in [0.25, 0.3) is 0 Å². The summed E-state index contributed by atoms with van der Waals surface area (Å²) in [5.41, 5.74) is 1.17. The van der Waals surface area contributed by atoms with E-state index in [4.69, 9.17) is 5.11 Å². The number of rotatable bonds is 7. The van der Waals surface area contributed by atoms with Gasteiger partial charge in [0, 0.05) is 18.8 Å². The third-order valence-corrected chi connectivity index (χ3v) is 2.34. The first-order valence-electron chi connectivity index (χ1n) is 5.73. The molecule has 3 N–H and O–H groups in total. The van der Waals surface area contributed by atoms with Gasteiger partial charge in [-0.3, -0.25) is 0 Å². The van der Waals surface area contributed by atoms with Gasteiger partial charge in [-0.2, -0.15) is 0 Å². The van der Waals surface area contributed by atoms with E-state index >= 15 is 0 Å². The fraction of sp³-hybridized carbons (Fsp3) is 0.583. The first-order chi connectivity index (χ1) is 7.72. The summed E-state index contributed by atoms with van der Waals surface area (Å²) < 4.78 is 0. The quantitative estimate of drug-likeness (QED) is 0.607. The summed E-state index contributed by atoms with van der Waals surface area (Å²) in [7, 11) is 0. The minimum absolute atomic E-state index is 0.178. The molecule has 1 atom stereocenters. The van der Waals surface area contributed by atoms with Crippen LogP contribution in [0.15, 0.2) is 18.3 Å². The highest BCUT2D eigenvalue weighted by molar-refractivity contribution is 5.34. The molecule has 1 aromatic heterocycles. The van der Waals surface area contributed by atoms with E-state index in [-0.39, 0.29) is 12.6 Å². The second-order valence-electron chi connectivity index (χ2n) is 4.04. The number of aryl methyl sites for hydroxylation is 1. The molecule has 0 amide bonds. The molecular formula is C12H21N3O. The van der Waals surface area contributed by atoms with Crippen LogP contribution in [0.1, 0.15) is 18.9 Å². The molecule has 0 aromatic carbocycles. The second-order valence-corrected chi connectivity index (χ2v) is 4.04. The predicted octanol–water partition coefficient (Wildman–Crippen LogP) is 1.16. The first kappa shape index (κ1) is 12.9. The molecule has 1 rings (SSSR count). The molecule has 0 aliphatic carbocycles. The van der Waals surface area contributed by atoms with Gasteiger partial charge in [-0.05, 0) is 38.4 Å². The molecule has 0 aliphatic rings. The Morgan fingerprint density at radius 1 is 1.38 bits per heavy atom. The van der Waals surface area contributed by atoms with Crippen molar-refractivity contribution in [1.29, 1.82) is 0 Å². The Labute approximate surface area is 97.1 Å². The number of aliphatic hydroxyl groups excluding tert-OH is 1. The zero-order chi connectivity index (χ0) is 11.8. The molecule has 1 aromatic rings. The van der Waals surface area contributed by atoms with Crippen LogP contribution < -0.4 is 10.6 Å². The topological polar surface area (TPSA) is 57.2 Å². The van der Waals surface area contributed by atoms with Crippen molar-refractivity contribution in [2.75, 3.05) is 25.0 Å². The molecule has 0 saturated carbocycles. The number of hydrogen-bond acceptors (Lipinski definition) is 4. The molecule has 0 saturated heterocycles. The smallest absolute Gasteiger partial charge is 0.125 e. The number of hydrogen-bond donors (Lipinski definition) is 3. The summed E-state index contributed by atoms with van der Waals surface area (Å²) >= 11 is 0. The van der Waals surface area contributed by atoms with Gasteiger partial charge < -0.3 is 15.7 Å². The molecule has 1 unspecified atom stereocenters. The van der Waals surface area contributed by atoms with Crippen molar-refractivity contribution in [2.45, 2.75) is 26.3 Å². The second kappa shape index (κ2) is 7.19. The lowest BCUT2D eigenvalue weighted by atomic mass is 10.3. The number of nitrogens with one attached hydrogen (secondary N) is 2. The Morgan fingerprint density at radius 2 is 2.19 bits per heavy atom. The maximum Gasteiger partial charge on any atom is 0.125 e. The number of pyridine rings is 1. The molecule has 0 radical (unpaired) electrons. The third kappa shape index (κ3) is 5.09. The van der Waals surface area contributed by atoms with Crippen molar-refractivity contribution in [1.82, 2.24) is 10.3 Å². The summed E-state index contributed by atoms with van der Waals surface area (Å²) in [5, 5.41) is 15.3. The van der Waals surface area contributed by atoms with E-state index < -0.39 is 0 Å². The normalized spacial score (nSPS) is 12.4. The van der Waals surface area contributed by atoms with Crippen molar-refractivity contribution in [2.24, 2.45) is 0 Å². The van der Waals surface area contributed by atoms with E-state index in [1.807, 2.05) is 32.2 Å². The highest BCUT2D eigenvalue weighted by Gasteiger charge is 1.97. The van der Waals surface area contributed by atoms with Crippen LogP contribution in [0.5, 0.6) is 0 Å². The van der Waals surface area contributed by atoms with Gasteiger partial charge in [0.2, 0.25) is 0 Å². The van der Waals surface area contributed by atoms with Crippen molar-refractivity contribution in [3.63, 3.8) is 0 Å². The monoisotopic (exact) mass is 223 g/mol. The molecular weight excluding hydrogens is 202 g/mol. The van der Waals surface area contributed by atoms with E-state index in [0.29, 0.717) is 0 Å². The SMILES string of the molecule is Cc1ccc(NCCCNC(C)CO)nc1. The van der Waals surface area contributed by atoms with E-state index in [9.17, 15) is 0 Å². The van der Waals surface area contributed by atoms with Gasteiger partial charge in [0.1, 0.15) is 5.82 Å². The third-order valence-electron chi connectivity index (χ3n) is 2.34. The molecule has 16 heavy (non-hydrogen) atoms. The number of anilines is 1. The Kier molecular flexibility index (Phi) is 5.82. The first-order valence-corrected chi connectivity index (χ1v) is 5.73. The fourth-order valence-electron chi connectivity index (χ4n) is 1.29. The molecule has 0 bridgehead atoms. The van der Waals surface area contributed by atoms with Gasteiger partial charge in [0.15, 0.2) is 0 Å². The van der Waals surface area contributed by atoms with Crippen LogP contribution in [0.2, 0.25) is 0 Å². The largest absolute Gasteiger partial charge is 0.395 e. The maximum atomic E-state index is 8.81. The van der Waals surface area contributed by atoms with Crippen molar-refractivity contribution in [3.8, 4) is 0 Å². The van der Waals surface area contributed by atoms with E-state index in [2.05, 4.69) is 15.6 Å². The fourth-order valence-corrected chi connectivity index (χ4v) is 1.29. The summed E-state index contributed by atoms with van der Waals surface area (Å²) in [5.74, 6) is 0.917. The van der Waals surface area contributed by atoms with Gasteiger partial charge in [0.25, 0.3) is 0 Å². The zero-order valence-electron chi connectivity index (χ0n) is 10.0. The van der Waals surface area contributed by atoms with Gasteiger partial charge >= 0.3 is 0 Å². The summed E-state index contributed by atoms with van der Waals surface area (Å²) in [6, 6.07) is 4.21. The van der Waals surface area contributed by atoms with Gasteiger partial charge in [-0.25, -0.2) is 4.98 Å².